The molecule has 3 aromatic carbocycles. The first kappa shape index (κ1) is 68.2. The van der Waals surface area contributed by atoms with Crippen LogP contribution in [0.4, 0.5) is 0 Å². The third-order valence-electron chi connectivity index (χ3n) is 7.32. The largest absolute Gasteiger partial charge is 0.358 e. The summed E-state index contributed by atoms with van der Waals surface area (Å²) < 4.78 is 1.10. The van der Waals surface area contributed by atoms with Crippen molar-refractivity contribution < 1.29 is 98.1 Å². The molecule has 0 unspecified atom stereocenters. The van der Waals surface area contributed by atoms with Gasteiger partial charge >= 0.3 is 0 Å². The van der Waals surface area contributed by atoms with Gasteiger partial charge in [-0.3, -0.25) is 0 Å². The number of likely N-dealkylation sites (N-methyl/N-ethyl adjacent to an activating group) is 3. The van der Waals surface area contributed by atoms with Gasteiger partial charge in [0.25, 0.3) is 0 Å². The number of nitrogens with zero attached hydrogens (tertiary/aromatic N) is 3. The summed E-state index contributed by atoms with van der Waals surface area (Å²) in [5.74, 6) is 0. The maximum absolute atomic E-state index is 3.29. The first-order valence-corrected chi connectivity index (χ1v) is 18.3. The van der Waals surface area contributed by atoms with E-state index in [1.165, 1.54) is 61.2 Å². The number of halogens is 1. The molecular formula is C46H72BrN3Y3-6. The van der Waals surface area contributed by atoms with Crippen LogP contribution in [0.15, 0.2) is 101 Å². The fraction of sp³-hybridized carbons (Fsp3) is 0.413. The van der Waals surface area contributed by atoms with Crippen molar-refractivity contribution in [3.8, 4) is 0 Å². The Hall–Kier alpha value is 0.552. The van der Waals surface area contributed by atoms with Gasteiger partial charge in [-0.25, -0.2) is 0 Å². The monoisotopic (exact) mass is 1010 g/mol. The Morgan fingerprint density at radius 1 is 0.472 bits per heavy atom. The van der Waals surface area contributed by atoms with Crippen molar-refractivity contribution >= 4 is 27.1 Å². The van der Waals surface area contributed by atoms with Crippen molar-refractivity contribution in [2.75, 3.05) is 60.4 Å². The van der Waals surface area contributed by atoms with Gasteiger partial charge in [0.15, 0.2) is 0 Å². The normalized spacial score (nSPS) is 14.0. The van der Waals surface area contributed by atoms with Crippen LogP contribution in [0.1, 0.15) is 78.9 Å². The van der Waals surface area contributed by atoms with Crippen LogP contribution in [0, 0.1) is 40.5 Å². The van der Waals surface area contributed by atoms with Gasteiger partial charge in [-0.2, -0.15) is 91.0 Å². The van der Waals surface area contributed by atoms with Gasteiger partial charge in [0.05, 0.1) is 0 Å². The van der Waals surface area contributed by atoms with Crippen LogP contribution in [0.5, 0.6) is 0 Å². The fourth-order valence-electron chi connectivity index (χ4n) is 4.51. The van der Waals surface area contributed by atoms with E-state index in [0.29, 0.717) is 0 Å². The summed E-state index contributed by atoms with van der Waals surface area (Å²) >= 11 is 3.29. The zero-order valence-corrected chi connectivity index (χ0v) is 46.1. The van der Waals surface area contributed by atoms with Crippen LogP contribution in [-0.4, -0.2) is 75.1 Å². The van der Waals surface area contributed by atoms with E-state index in [-0.39, 0.29) is 120 Å². The van der Waals surface area contributed by atoms with Crippen molar-refractivity contribution in [3.63, 3.8) is 0 Å². The Morgan fingerprint density at radius 3 is 0.962 bits per heavy atom. The molecule has 3 radical (unpaired) electrons. The van der Waals surface area contributed by atoms with Gasteiger partial charge < -0.3 is 37.0 Å². The smallest absolute Gasteiger partial charge is 0.0165 e. The molecule has 3 nitrogen and oxygen atoms in total. The summed E-state index contributed by atoms with van der Waals surface area (Å²) in [4.78, 5) is 6.99. The molecule has 293 valence electrons. The number of benzene rings is 3. The summed E-state index contributed by atoms with van der Waals surface area (Å²) in [6, 6.07) is 33.1. The first-order valence-electron chi connectivity index (χ1n) is 17.5. The average molecular weight is 1010 g/mol. The number of rotatable bonds is 2. The molecule has 0 N–H and O–H groups in total. The Balaban J connectivity index is -0.000000100. The average Bonchev–Trinajstić information content (AvgIpc) is 3.15. The van der Waals surface area contributed by atoms with Gasteiger partial charge in [-0.05, 0) is 47.3 Å². The zero-order valence-electron chi connectivity index (χ0n) is 36.0. The molecule has 7 heteroatoms. The maximum Gasteiger partial charge on any atom is 0.0165 e. The molecule has 0 aliphatic carbocycles. The number of hydrogen-bond donors (Lipinski definition) is 0. The molecule has 3 aromatic rings. The predicted molar refractivity (Wildman–Crippen MR) is 233 cm³/mol. The molecule has 53 heavy (non-hydrogen) atoms. The van der Waals surface area contributed by atoms with E-state index in [2.05, 4.69) is 119 Å². The third kappa shape index (κ3) is 34.3. The topological polar surface area (TPSA) is 9.72 Å². The quantitative estimate of drug-likeness (QED) is 0.187. The van der Waals surface area contributed by atoms with Crippen LogP contribution >= 0.6 is 15.9 Å². The molecule has 6 rings (SSSR count). The van der Waals surface area contributed by atoms with Crippen LogP contribution in [0.3, 0.4) is 0 Å². The SMILES string of the molecule is Brc1cc[c-]cc1.CC.CC.CC.CC1=CCN(C)CC1.CN1CC=C(c2cc[c-]cc2)CC1.CN1CC=C(c2cc[c-]cc2)CC1.[CH3-].[CH3-].[CH3-].[Y].[Y].[Y]. The molecular weight excluding hydrogens is 941 g/mol. The zero-order chi connectivity index (χ0) is 35.3. The molecule has 0 amide bonds. The summed E-state index contributed by atoms with van der Waals surface area (Å²) in [5.41, 5.74) is 7.21. The second-order valence-electron chi connectivity index (χ2n) is 10.8. The third-order valence-corrected chi connectivity index (χ3v) is 7.85. The standard InChI is InChI=1S/2C12H14N.C7H13N.C6H4Br.3C2H6.3CH3.3Y/c2*1-13-9-7-12(8-10-13)11-5-3-2-4-6-11;1-7-3-5-8(2)6-4-7;7-6-4-2-1-3-5-6;3*1-2;;;;;;/h2*3-7H,8-10H2,1H3;3H,4-6H2,1-2H3;2-5H;3*1-2H3;3*1H3;;;/q2*-1;;-1;;;;3*-1;;;. The van der Waals surface area contributed by atoms with Gasteiger partial charge in [0.2, 0.25) is 0 Å². The summed E-state index contributed by atoms with van der Waals surface area (Å²) in [5, 5.41) is 0. The molecule has 0 aromatic heterocycles. The van der Waals surface area contributed by atoms with Crippen molar-refractivity contribution in [2.24, 2.45) is 0 Å². The first-order chi connectivity index (χ1) is 22.9. The van der Waals surface area contributed by atoms with Crippen LogP contribution in [-0.2, 0) is 98.1 Å². The minimum absolute atomic E-state index is 0. The molecule has 0 saturated carbocycles. The van der Waals surface area contributed by atoms with E-state index < -0.39 is 0 Å². The predicted octanol–water partition coefficient (Wildman–Crippen LogP) is 12.4. The maximum atomic E-state index is 3.29. The minimum atomic E-state index is 0. The number of hydrogen-bond acceptors (Lipinski definition) is 3. The Labute approximate surface area is 415 Å². The Morgan fingerprint density at radius 2 is 0.755 bits per heavy atom. The van der Waals surface area contributed by atoms with E-state index >= 15 is 0 Å². The van der Waals surface area contributed by atoms with Crippen molar-refractivity contribution in [1.82, 2.24) is 14.7 Å². The van der Waals surface area contributed by atoms with E-state index in [4.69, 9.17) is 0 Å². The molecule has 0 saturated heterocycles. The van der Waals surface area contributed by atoms with E-state index in [1.54, 1.807) is 5.57 Å². The molecule has 3 aliphatic heterocycles. The van der Waals surface area contributed by atoms with E-state index in [0.717, 1.165) is 24.1 Å². The molecule has 3 aliphatic rings. The van der Waals surface area contributed by atoms with Crippen LogP contribution in [0.25, 0.3) is 11.1 Å². The minimum Gasteiger partial charge on any atom is -0.358 e. The molecule has 0 bridgehead atoms. The molecule has 3 heterocycles. The summed E-state index contributed by atoms with van der Waals surface area (Å²) in [6.45, 7) is 21.1. The van der Waals surface area contributed by atoms with Gasteiger partial charge in [0.1, 0.15) is 0 Å². The fourth-order valence-corrected chi connectivity index (χ4v) is 4.77. The van der Waals surface area contributed by atoms with Crippen LogP contribution in [0.2, 0.25) is 0 Å². The Bertz CT molecular complexity index is 1170. The molecule has 0 atom stereocenters. The Kier molecular flexibility index (Phi) is 60.4. The second kappa shape index (κ2) is 46.9. The van der Waals surface area contributed by atoms with E-state index in [9.17, 15) is 0 Å². The van der Waals surface area contributed by atoms with Crippen molar-refractivity contribution in [1.29, 1.82) is 0 Å². The van der Waals surface area contributed by atoms with Gasteiger partial charge in [-0.1, -0.05) is 96.9 Å². The molecule has 0 spiro atoms. The van der Waals surface area contributed by atoms with Crippen LogP contribution < -0.4 is 0 Å². The van der Waals surface area contributed by atoms with E-state index in [1.807, 2.05) is 90.1 Å². The van der Waals surface area contributed by atoms with Gasteiger partial charge in [0, 0.05) is 137 Å². The van der Waals surface area contributed by atoms with Gasteiger partial charge in [-0.15, -0.1) is 11.1 Å². The summed E-state index contributed by atoms with van der Waals surface area (Å²) in [7, 11) is 6.47. The van der Waals surface area contributed by atoms with Crippen molar-refractivity contribution in [2.45, 2.75) is 67.7 Å². The summed E-state index contributed by atoms with van der Waals surface area (Å²) in [6.07, 6.45) is 10.5. The van der Waals surface area contributed by atoms with Crippen molar-refractivity contribution in [3.05, 3.63) is 153 Å². The molecule has 0 fully saturated rings. The second-order valence-corrected chi connectivity index (χ2v) is 11.8.